The maximum atomic E-state index is 12.4. The Hall–Kier alpha value is -2.44. The Morgan fingerprint density at radius 2 is 2.19 bits per heavy atom. The van der Waals surface area contributed by atoms with Crippen molar-refractivity contribution >= 4 is 22.8 Å². The van der Waals surface area contributed by atoms with Crippen LogP contribution in [-0.4, -0.2) is 51.1 Å². The van der Waals surface area contributed by atoms with Crippen LogP contribution < -0.4 is 5.32 Å². The molecule has 21 heavy (non-hydrogen) atoms. The zero-order valence-electron chi connectivity index (χ0n) is 12.0. The van der Waals surface area contributed by atoms with Crippen molar-refractivity contribution in [3.05, 3.63) is 24.0 Å². The second-order valence-electron chi connectivity index (χ2n) is 5.40. The number of hydrogen-bond donors (Lipinski definition) is 1. The molecule has 7 nitrogen and oxygen atoms in total. The molecule has 0 radical (unpaired) electrons. The average molecular weight is 287 g/mol. The summed E-state index contributed by atoms with van der Waals surface area (Å²) in [5.41, 5.74) is 1.25. The number of hydrogen-bond acceptors (Lipinski definition) is 4. The van der Waals surface area contributed by atoms with Gasteiger partial charge >= 0.3 is 0 Å². The molecule has 110 valence electrons. The van der Waals surface area contributed by atoms with E-state index in [0.717, 1.165) is 11.0 Å². The minimum atomic E-state index is -0.170. The number of pyridine rings is 1. The van der Waals surface area contributed by atoms with Gasteiger partial charge in [0.05, 0.1) is 18.3 Å². The first kappa shape index (κ1) is 13.5. The second-order valence-corrected chi connectivity index (χ2v) is 5.40. The highest BCUT2D eigenvalue weighted by Gasteiger charge is 2.23. The Labute approximate surface area is 121 Å². The van der Waals surface area contributed by atoms with Gasteiger partial charge in [0, 0.05) is 30.7 Å². The first-order valence-electron chi connectivity index (χ1n) is 6.95. The first-order valence-corrected chi connectivity index (χ1v) is 6.95. The van der Waals surface area contributed by atoms with Crippen molar-refractivity contribution in [1.29, 1.82) is 0 Å². The molecule has 0 bridgehead atoms. The molecule has 0 aromatic carbocycles. The van der Waals surface area contributed by atoms with Crippen LogP contribution >= 0.6 is 0 Å². The van der Waals surface area contributed by atoms with Crippen molar-refractivity contribution in [2.24, 2.45) is 0 Å². The third-order valence-corrected chi connectivity index (χ3v) is 3.50. The lowest BCUT2D eigenvalue weighted by Crippen LogP contribution is -2.49. The van der Waals surface area contributed by atoms with E-state index < -0.39 is 0 Å². The summed E-state index contributed by atoms with van der Waals surface area (Å²) >= 11 is 0. The summed E-state index contributed by atoms with van der Waals surface area (Å²) in [5, 5.41) is 7.82. The molecule has 0 saturated carbocycles. The predicted molar refractivity (Wildman–Crippen MR) is 76.8 cm³/mol. The molecular formula is C14H17N5O2. The summed E-state index contributed by atoms with van der Waals surface area (Å²) in [7, 11) is 0. The standard InChI is InChI=1S/C14H17N5O2/c1-9(2)19-13-10(7-17-19)5-11(6-16-13)14(21)18-4-3-15-12(20)8-18/h5-7,9H,3-4,8H2,1-2H3,(H,15,20). The fraction of sp³-hybridized carbons (Fsp3) is 0.429. The quantitative estimate of drug-likeness (QED) is 0.876. The van der Waals surface area contributed by atoms with E-state index in [2.05, 4.69) is 15.4 Å². The molecule has 1 aliphatic heterocycles. The van der Waals surface area contributed by atoms with Crippen LogP contribution in [0, 0.1) is 0 Å². The largest absolute Gasteiger partial charge is 0.353 e. The highest BCUT2D eigenvalue weighted by Crippen LogP contribution is 2.17. The molecule has 2 aromatic rings. The van der Waals surface area contributed by atoms with Gasteiger partial charge in [-0.25, -0.2) is 9.67 Å². The molecule has 1 aliphatic rings. The molecule has 1 fully saturated rings. The Balaban J connectivity index is 1.90. The van der Waals surface area contributed by atoms with Crippen molar-refractivity contribution in [3.8, 4) is 0 Å². The monoisotopic (exact) mass is 287 g/mol. The summed E-state index contributed by atoms with van der Waals surface area (Å²) in [5.74, 6) is -0.298. The number of carbonyl (C=O) groups is 2. The number of aromatic nitrogens is 3. The number of nitrogens with one attached hydrogen (secondary N) is 1. The van der Waals surface area contributed by atoms with Gasteiger partial charge in [0.1, 0.15) is 0 Å². The number of rotatable bonds is 2. The Morgan fingerprint density at radius 3 is 2.90 bits per heavy atom. The van der Waals surface area contributed by atoms with E-state index in [9.17, 15) is 9.59 Å². The minimum Gasteiger partial charge on any atom is -0.353 e. The lowest BCUT2D eigenvalue weighted by Gasteiger charge is -2.26. The summed E-state index contributed by atoms with van der Waals surface area (Å²) in [6, 6.07) is 1.99. The van der Waals surface area contributed by atoms with Crippen LogP contribution in [0.5, 0.6) is 0 Å². The summed E-state index contributed by atoms with van der Waals surface area (Å²) in [6.07, 6.45) is 3.26. The lowest BCUT2D eigenvalue weighted by atomic mass is 10.2. The van der Waals surface area contributed by atoms with E-state index in [1.54, 1.807) is 18.5 Å². The molecule has 0 aliphatic carbocycles. The fourth-order valence-corrected chi connectivity index (χ4v) is 2.43. The number of nitrogens with zero attached hydrogens (tertiary/aromatic N) is 4. The van der Waals surface area contributed by atoms with E-state index in [1.165, 1.54) is 4.90 Å². The summed E-state index contributed by atoms with van der Waals surface area (Å²) in [6.45, 7) is 5.17. The molecule has 2 aromatic heterocycles. The van der Waals surface area contributed by atoms with Crippen molar-refractivity contribution in [3.63, 3.8) is 0 Å². The first-order chi connectivity index (χ1) is 10.1. The normalized spacial score (nSPS) is 15.6. The average Bonchev–Trinajstić information content (AvgIpc) is 2.89. The molecule has 1 N–H and O–H groups in total. The molecule has 1 saturated heterocycles. The van der Waals surface area contributed by atoms with Gasteiger partial charge in [-0.05, 0) is 19.9 Å². The molecule has 7 heteroatoms. The molecular weight excluding hydrogens is 270 g/mol. The maximum Gasteiger partial charge on any atom is 0.255 e. The van der Waals surface area contributed by atoms with Gasteiger partial charge in [0.25, 0.3) is 5.91 Å². The van der Waals surface area contributed by atoms with Crippen molar-refractivity contribution in [2.75, 3.05) is 19.6 Å². The van der Waals surface area contributed by atoms with Gasteiger partial charge in [-0.15, -0.1) is 0 Å². The highest BCUT2D eigenvalue weighted by atomic mass is 16.2. The van der Waals surface area contributed by atoms with Gasteiger partial charge in [0.15, 0.2) is 5.65 Å². The molecule has 3 heterocycles. The topological polar surface area (TPSA) is 80.1 Å². The Bertz CT molecular complexity index is 706. The van der Waals surface area contributed by atoms with Crippen LogP contribution in [0.15, 0.2) is 18.5 Å². The van der Waals surface area contributed by atoms with E-state index >= 15 is 0 Å². The van der Waals surface area contributed by atoms with E-state index in [4.69, 9.17) is 0 Å². The number of piperazine rings is 1. The van der Waals surface area contributed by atoms with Crippen LogP contribution in [0.3, 0.4) is 0 Å². The second kappa shape index (κ2) is 5.16. The Morgan fingerprint density at radius 1 is 1.38 bits per heavy atom. The van der Waals surface area contributed by atoms with Crippen LogP contribution in [0.4, 0.5) is 0 Å². The van der Waals surface area contributed by atoms with Crippen LogP contribution in [0.2, 0.25) is 0 Å². The van der Waals surface area contributed by atoms with Crippen LogP contribution in [0.1, 0.15) is 30.2 Å². The molecule has 2 amide bonds. The third kappa shape index (κ3) is 2.46. The summed E-state index contributed by atoms with van der Waals surface area (Å²) in [4.78, 5) is 29.7. The minimum absolute atomic E-state index is 0.0993. The molecule has 0 atom stereocenters. The smallest absolute Gasteiger partial charge is 0.255 e. The summed E-state index contributed by atoms with van der Waals surface area (Å²) < 4.78 is 1.82. The number of amides is 2. The van der Waals surface area contributed by atoms with Crippen LogP contribution in [0.25, 0.3) is 11.0 Å². The number of fused-ring (bicyclic) bond motifs is 1. The van der Waals surface area contributed by atoms with Crippen LogP contribution in [-0.2, 0) is 4.79 Å². The SMILES string of the molecule is CC(C)n1ncc2cc(C(=O)N3CCNC(=O)C3)cnc21. The van der Waals surface area contributed by atoms with Crippen molar-refractivity contribution < 1.29 is 9.59 Å². The van der Waals surface area contributed by atoms with Gasteiger partial charge < -0.3 is 10.2 Å². The van der Waals surface area contributed by atoms with Gasteiger partial charge in [0.2, 0.25) is 5.91 Å². The lowest BCUT2D eigenvalue weighted by molar-refractivity contribution is -0.123. The van der Waals surface area contributed by atoms with E-state index in [1.807, 2.05) is 18.5 Å². The van der Waals surface area contributed by atoms with Gasteiger partial charge in [-0.2, -0.15) is 5.10 Å². The molecule has 3 rings (SSSR count). The predicted octanol–water partition coefficient (Wildman–Crippen LogP) is 0.584. The number of carbonyl (C=O) groups excluding carboxylic acids is 2. The highest BCUT2D eigenvalue weighted by molar-refractivity contribution is 5.99. The van der Waals surface area contributed by atoms with Gasteiger partial charge in [-0.3, -0.25) is 9.59 Å². The van der Waals surface area contributed by atoms with E-state index in [-0.39, 0.29) is 24.4 Å². The zero-order valence-corrected chi connectivity index (χ0v) is 12.0. The fourth-order valence-electron chi connectivity index (χ4n) is 2.43. The van der Waals surface area contributed by atoms with Crippen molar-refractivity contribution in [1.82, 2.24) is 25.0 Å². The molecule has 0 unspecified atom stereocenters. The molecule has 0 spiro atoms. The maximum absolute atomic E-state index is 12.4. The van der Waals surface area contributed by atoms with E-state index in [0.29, 0.717) is 18.7 Å². The van der Waals surface area contributed by atoms with Gasteiger partial charge in [-0.1, -0.05) is 0 Å². The Kier molecular flexibility index (Phi) is 3.32. The third-order valence-electron chi connectivity index (χ3n) is 3.50. The van der Waals surface area contributed by atoms with Crippen molar-refractivity contribution in [2.45, 2.75) is 19.9 Å². The zero-order chi connectivity index (χ0) is 15.0.